The van der Waals surface area contributed by atoms with Crippen LogP contribution in [0.15, 0.2) is 11.4 Å². The van der Waals surface area contributed by atoms with Gasteiger partial charge in [0.1, 0.15) is 0 Å². The Hall–Kier alpha value is -0.340. The standard InChI is InChI=1S/C9H13NS/c1-6-4-5-11-9(6)7-2-3-8(7)10/h4-5,7-8H,2-3,10H2,1H3. The minimum atomic E-state index is 0.437. The molecule has 1 nitrogen and oxygen atoms in total. The molecule has 1 aliphatic carbocycles. The first-order valence-electron chi connectivity index (χ1n) is 4.08. The average Bonchev–Trinajstić information content (AvgIpc) is 2.34. The molecule has 2 heteroatoms. The van der Waals surface area contributed by atoms with E-state index >= 15 is 0 Å². The molecule has 1 aromatic rings. The van der Waals surface area contributed by atoms with Gasteiger partial charge in [-0.1, -0.05) is 0 Å². The molecule has 0 saturated heterocycles. The lowest BCUT2D eigenvalue weighted by Crippen LogP contribution is -2.37. The van der Waals surface area contributed by atoms with Crippen molar-refractivity contribution in [3.05, 3.63) is 21.9 Å². The molecule has 0 radical (unpaired) electrons. The molecule has 0 aromatic carbocycles. The lowest BCUT2D eigenvalue weighted by atomic mass is 9.78. The maximum atomic E-state index is 5.89. The largest absolute Gasteiger partial charge is 0.327 e. The minimum Gasteiger partial charge on any atom is -0.327 e. The van der Waals surface area contributed by atoms with E-state index in [1.165, 1.54) is 23.3 Å². The summed E-state index contributed by atoms with van der Waals surface area (Å²) in [7, 11) is 0. The Kier molecular flexibility index (Phi) is 1.74. The van der Waals surface area contributed by atoms with Crippen LogP contribution in [0.3, 0.4) is 0 Å². The highest BCUT2D eigenvalue weighted by molar-refractivity contribution is 7.10. The van der Waals surface area contributed by atoms with Gasteiger partial charge in [0, 0.05) is 16.8 Å². The van der Waals surface area contributed by atoms with Crippen LogP contribution in [0.2, 0.25) is 0 Å². The number of nitrogens with two attached hydrogens (primary N) is 1. The number of hydrogen-bond donors (Lipinski definition) is 1. The van der Waals surface area contributed by atoms with E-state index in [1.807, 2.05) is 11.3 Å². The zero-order valence-corrected chi connectivity index (χ0v) is 7.53. The highest BCUT2D eigenvalue weighted by Gasteiger charge is 2.30. The Labute approximate surface area is 71.2 Å². The van der Waals surface area contributed by atoms with Gasteiger partial charge in [0.05, 0.1) is 0 Å². The molecule has 1 fully saturated rings. The summed E-state index contributed by atoms with van der Waals surface area (Å²) in [4.78, 5) is 1.52. The topological polar surface area (TPSA) is 26.0 Å². The van der Waals surface area contributed by atoms with Gasteiger partial charge in [-0.25, -0.2) is 0 Å². The summed E-state index contributed by atoms with van der Waals surface area (Å²) < 4.78 is 0. The van der Waals surface area contributed by atoms with Crippen LogP contribution in [0.25, 0.3) is 0 Å². The van der Waals surface area contributed by atoms with E-state index in [1.54, 1.807) is 0 Å². The second-order valence-electron chi connectivity index (χ2n) is 3.32. The molecule has 2 atom stereocenters. The number of rotatable bonds is 1. The Morgan fingerprint density at radius 3 is 2.73 bits per heavy atom. The Bertz CT molecular complexity index is 254. The van der Waals surface area contributed by atoms with Gasteiger partial charge in [-0.3, -0.25) is 0 Å². The molecular weight excluding hydrogens is 154 g/mol. The molecule has 1 heterocycles. The molecule has 1 aliphatic rings. The van der Waals surface area contributed by atoms with Crippen molar-refractivity contribution in [3.8, 4) is 0 Å². The summed E-state index contributed by atoms with van der Waals surface area (Å²) in [6.45, 7) is 2.18. The van der Waals surface area contributed by atoms with Crippen LogP contribution < -0.4 is 5.73 Å². The molecule has 2 rings (SSSR count). The fraction of sp³-hybridized carbons (Fsp3) is 0.556. The summed E-state index contributed by atoms with van der Waals surface area (Å²) in [6, 6.07) is 2.62. The number of aryl methyl sites for hydroxylation is 1. The third-order valence-electron chi connectivity index (χ3n) is 2.57. The molecular formula is C9H13NS. The van der Waals surface area contributed by atoms with E-state index in [4.69, 9.17) is 5.73 Å². The molecule has 1 saturated carbocycles. The maximum Gasteiger partial charge on any atom is 0.0121 e. The van der Waals surface area contributed by atoms with Gasteiger partial charge in [0.25, 0.3) is 0 Å². The smallest absolute Gasteiger partial charge is 0.0121 e. The zero-order chi connectivity index (χ0) is 7.84. The fourth-order valence-electron chi connectivity index (χ4n) is 1.62. The first-order valence-corrected chi connectivity index (χ1v) is 4.96. The van der Waals surface area contributed by atoms with Gasteiger partial charge >= 0.3 is 0 Å². The Morgan fingerprint density at radius 2 is 2.36 bits per heavy atom. The zero-order valence-electron chi connectivity index (χ0n) is 6.71. The third kappa shape index (κ3) is 1.10. The van der Waals surface area contributed by atoms with E-state index in [2.05, 4.69) is 18.4 Å². The van der Waals surface area contributed by atoms with Crippen molar-refractivity contribution < 1.29 is 0 Å². The van der Waals surface area contributed by atoms with E-state index in [-0.39, 0.29) is 0 Å². The lowest BCUT2D eigenvalue weighted by molar-refractivity contribution is 0.350. The maximum absolute atomic E-state index is 5.89. The van der Waals surface area contributed by atoms with Gasteiger partial charge in [-0.15, -0.1) is 11.3 Å². The van der Waals surface area contributed by atoms with E-state index < -0.39 is 0 Å². The third-order valence-corrected chi connectivity index (χ3v) is 3.72. The Balaban J connectivity index is 2.22. The average molecular weight is 167 g/mol. The van der Waals surface area contributed by atoms with Gasteiger partial charge < -0.3 is 5.73 Å². The van der Waals surface area contributed by atoms with Gasteiger partial charge in [0.2, 0.25) is 0 Å². The van der Waals surface area contributed by atoms with Crippen LogP contribution in [0.5, 0.6) is 0 Å². The molecule has 11 heavy (non-hydrogen) atoms. The fourth-order valence-corrected chi connectivity index (χ4v) is 2.76. The predicted molar refractivity (Wildman–Crippen MR) is 49.0 cm³/mol. The van der Waals surface area contributed by atoms with Crippen LogP contribution in [0.1, 0.15) is 29.2 Å². The van der Waals surface area contributed by atoms with Gasteiger partial charge in [-0.2, -0.15) is 0 Å². The number of thiophene rings is 1. The van der Waals surface area contributed by atoms with Crippen molar-refractivity contribution in [2.75, 3.05) is 0 Å². The van der Waals surface area contributed by atoms with E-state index in [9.17, 15) is 0 Å². The first-order chi connectivity index (χ1) is 5.29. The molecule has 0 amide bonds. The van der Waals surface area contributed by atoms with E-state index in [0.717, 1.165) is 0 Å². The molecule has 0 bridgehead atoms. The molecule has 0 spiro atoms. The summed E-state index contributed by atoms with van der Waals surface area (Å²) in [6.07, 6.45) is 2.50. The van der Waals surface area contributed by atoms with Crippen molar-refractivity contribution >= 4 is 11.3 Å². The lowest BCUT2D eigenvalue weighted by Gasteiger charge is -2.33. The summed E-state index contributed by atoms with van der Waals surface area (Å²) in [5.74, 6) is 0.676. The van der Waals surface area contributed by atoms with Crippen LogP contribution in [-0.2, 0) is 0 Å². The highest BCUT2D eigenvalue weighted by atomic mass is 32.1. The summed E-state index contributed by atoms with van der Waals surface area (Å²) in [5, 5.41) is 2.16. The number of hydrogen-bond acceptors (Lipinski definition) is 2. The normalized spacial score (nSPS) is 30.0. The van der Waals surface area contributed by atoms with Crippen molar-refractivity contribution in [1.82, 2.24) is 0 Å². The van der Waals surface area contributed by atoms with Crippen LogP contribution in [-0.4, -0.2) is 6.04 Å². The first kappa shape index (κ1) is 7.32. The molecule has 0 aliphatic heterocycles. The minimum absolute atomic E-state index is 0.437. The second kappa shape index (κ2) is 2.61. The summed E-state index contributed by atoms with van der Waals surface area (Å²) >= 11 is 1.86. The SMILES string of the molecule is Cc1ccsc1C1CCC1N. The molecule has 2 N–H and O–H groups in total. The Morgan fingerprint density at radius 1 is 1.55 bits per heavy atom. The van der Waals surface area contributed by atoms with Crippen molar-refractivity contribution in [2.45, 2.75) is 31.7 Å². The van der Waals surface area contributed by atoms with Crippen molar-refractivity contribution in [2.24, 2.45) is 5.73 Å². The van der Waals surface area contributed by atoms with Crippen LogP contribution in [0.4, 0.5) is 0 Å². The molecule has 60 valence electrons. The summed E-state index contributed by atoms with van der Waals surface area (Å²) in [5.41, 5.74) is 7.32. The second-order valence-corrected chi connectivity index (χ2v) is 4.26. The molecule has 1 aromatic heterocycles. The van der Waals surface area contributed by atoms with Crippen molar-refractivity contribution in [3.63, 3.8) is 0 Å². The highest BCUT2D eigenvalue weighted by Crippen LogP contribution is 2.39. The van der Waals surface area contributed by atoms with Crippen LogP contribution >= 0.6 is 11.3 Å². The van der Waals surface area contributed by atoms with Gasteiger partial charge in [0.15, 0.2) is 0 Å². The van der Waals surface area contributed by atoms with Crippen molar-refractivity contribution in [1.29, 1.82) is 0 Å². The quantitative estimate of drug-likeness (QED) is 0.682. The molecule has 2 unspecified atom stereocenters. The van der Waals surface area contributed by atoms with E-state index in [0.29, 0.717) is 12.0 Å². The van der Waals surface area contributed by atoms with Gasteiger partial charge in [-0.05, 0) is 36.8 Å². The predicted octanol–water partition coefficient (Wildman–Crippen LogP) is 2.26. The monoisotopic (exact) mass is 167 g/mol. The van der Waals surface area contributed by atoms with Crippen LogP contribution in [0, 0.1) is 6.92 Å².